The summed E-state index contributed by atoms with van der Waals surface area (Å²) in [4.78, 5) is 13.8. The van der Waals surface area contributed by atoms with E-state index in [9.17, 15) is 4.79 Å². The smallest absolute Gasteiger partial charge is 0.250 e. The van der Waals surface area contributed by atoms with Crippen LogP contribution in [0.4, 0.5) is 5.69 Å². The van der Waals surface area contributed by atoms with Crippen LogP contribution >= 0.6 is 11.6 Å². The summed E-state index contributed by atoms with van der Waals surface area (Å²) in [6, 6.07) is 5.74. The average Bonchev–Trinajstić information content (AvgIpc) is 2.89. The van der Waals surface area contributed by atoms with E-state index in [1.165, 1.54) is 0 Å². The fourth-order valence-electron chi connectivity index (χ4n) is 3.10. The predicted octanol–water partition coefficient (Wildman–Crippen LogP) is 1.24. The molecule has 0 aromatic heterocycles. The molecule has 2 aliphatic rings. The van der Waals surface area contributed by atoms with Gasteiger partial charge in [-0.05, 0) is 30.5 Å². The van der Waals surface area contributed by atoms with Gasteiger partial charge in [-0.1, -0.05) is 11.6 Å². The summed E-state index contributed by atoms with van der Waals surface area (Å²) in [6.07, 6.45) is 1.16. The zero-order valence-corrected chi connectivity index (χ0v) is 10.8. The number of primary amides is 1. The monoisotopic (exact) mass is 265 g/mol. The lowest BCUT2D eigenvalue weighted by Crippen LogP contribution is -2.35. The lowest BCUT2D eigenvalue weighted by molar-refractivity contribution is 0.100. The van der Waals surface area contributed by atoms with Gasteiger partial charge < -0.3 is 16.0 Å². The molecular weight excluding hydrogens is 250 g/mol. The Morgan fingerprint density at radius 2 is 2.28 bits per heavy atom. The lowest BCUT2D eigenvalue weighted by atomic mass is 10.0. The number of halogens is 1. The number of amides is 1. The zero-order valence-electron chi connectivity index (χ0n) is 10.0. The molecule has 96 valence electrons. The highest BCUT2D eigenvalue weighted by Crippen LogP contribution is 2.35. The first-order valence-corrected chi connectivity index (χ1v) is 6.61. The fourth-order valence-corrected chi connectivity index (χ4v) is 3.27. The van der Waals surface area contributed by atoms with Crippen molar-refractivity contribution in [3.63, 3.8) is 0 Å². The molecule has 3 N–H and O–H groups in total. The largest absolute Gasteiger partial charge is 0.366 e. The first kappa shape index (κ1) is 11.8. The van der Waals surface area contributed by atoms with Gasteiger partial charge in [0.15, 0.2) is 0 Å². The summed E-state index contributed by atoms with van der Waals surface area (Å²) in [7, 11) is 0. The molecular formula is C13H16ClN3O. The second-order valence-corrected chi connectivity index (χ2v) is 5.43. The average molecular weight is 266 g/mol. The Morgan fingerprint density at radius 3 is 3.06 bits per heavy atom. The maximum atomic E-state index is 11.5. The van der Waals surface area contributed by atoms with Gasteiger partial charge in [0.05, 0.1) is 11.3 Å². The number of rotatable bonds is 2. The van der Waals surface area contributed by atoms with Crippen LogP contribution in [0.5, 0.6) is 0 Å². The molecule has 0 bridgehead atoms. The van der Waals surface area contributed by atoms with E-state index in [4.69, 9.17) is 17.3 Å². The third-order valence-electron chi connectivity index (χ3n) is 3.98. The molecule has 0 radical (unpaired) electrons. The molecule has 3 rings (SSSR count). The molecule has 0 aliphatic carbocycles. The Morgan fingerprint density at radius 1 is 1.44 bits per heavy atom. The van der Waals surface area contributed by atoms with Gasteiger partial charge in [-0.2, -0.15) is 0 Å². The highest BCUT2D eigenvalue weighted by molar-refractivity contribution is 6.31. The van der Waals surface area contributed by atoms with E-state index in [2.05, 4.69) is 10.2 Å². The van der Waals surface area contributed by atoms with Crippen LogP contribution in [0.2, 0.25) is 5.02 Å². The Balaban J connectivity index is 2.00. The first-order chi connectivity index (χ1) is 8.66. The number of hydrogen-bond acceptors (Lipinski definition) is 3. The Kier molecular flexibility index (Phi) is 2.92. The van der Waals surface area contributed by atoms with Gasteiger partial charge in [-0.25, -0.2) is 0 Å². The van der Waals surface area contributed by atoms with Gasteiger partial charge in [0.2, 0.25) is 0 Å². The minimum Gasteiger partial charge on any atom is -0.366 e. The summed E-state index contributed by atoms with van der Waals surface area (Å²) >= 11 is 6.05. The molecule has 0 saturated carbocycles. The number of carbonyl (C=O) groups is 1. The van der Waals surface area contributed by atoms with Crippen molar-refractivity contribution in [2.45, 2.75) is 12.5 Å². The third-order valence-corrected chi connectivity index (χ3v) is 4.22. The standard InChI is InChI=1S/C13H16ClN3O/c14-9-1-2-10(13(15)18)11(5-9)17-4-3-8-6-16-7-12(8)17/h1-2,5,8,12,16H,3-4,6-7H2,(H2,15,18)/t8-,12+/m0/s1. The highest BCUT2D eigenvalue weighted by atomic mass is 35.5. The molecule has 0 unspecified atom stereocenters. The van der Waals surface area contributed by atoms with Crippen molar-refractivity contribution < 1.29 is 4.79 Å². The molecule has 0 spiro atoms. The highest BCUT2D eigenvalue weighted by Gasteiger charge is 2.38. The van der Waals surface area contributed by atoms with Gasteiger partial charge in [0.1, 0.15) is 0 Å². The second kappa shape index (κ2) is 4.44. The van der Waals surface area contributed by atoms with Crippen molar-refractivity contribution in [2.24, 2.45) is 11.7 Å². The summed E-state index contributed by atoms with van der Waals surface area (Å²) in [6.45, 7) is 3.00. The second-order valence-electron chi connectivity index (χ2n) is 4.99. The molecule has 2 aliphatic heterocycles. The molecule has 2 atom stereocenters. The lowest BCUT2D eigenvalue weighted by Gasteiger charge is -2.27. The van der Waals surface area contributed by atoms with Crippen LogP contribution in [0.3, 0.4) is 0 Å². The van der Waals surface area contributed by atoms with Crippen LogP contribution in [0.1, 0.15) is 16.8 Å². The molecule has 1 aromatic rings. The quantitative estimate of drug-likeness (QED) is 0.846. The minimum atomic E-state index is -0.393. The maximum absolute atomic E-state index is 11.5. The van der Waals surface area contributed by atoms with Crippen LogP contribution < -0.4 is 16.0 Å². The molecule has 2 fully saturated rings. The van der Waals surface area contributed by atoms with Crippen molar-refractivity contribution in [3.05, 3.63) is 28.8 Å². The molecule has 5 heteroatoms. The van der Waals surface area contributed by atoms with E-state index in [1.54, 1.807) is 12.1 Å². The number of nitrogens with two attached hydrogens (primary N) is 1. The van der Waals surface area contributed by atoms with E-state index in [1.807, 2.05) is 6.07 Å². The van der Waals surface area contributed by atoms with Gasteiger partial charge in [-0.3, -0.25) is 4.79 Å². The Labute approximate surface area is 111 Å². The third kappa shape index (κ3) is 1.85. The number of nitrogens with zero attached hydrogens (tertiary/aromatic N) is 1. The predicted molar refractivity (Wildman–Crippen MR) is 72.1 cm³/mol. The van der Waals surface area contributed by atoms with E-state index in [0.29, 0.717) is 22.5 Å². The Bertz CT molecular complexity index is 491. The van der Waals surface area contributed by atoms with Crippen molar-refractivity contribution >= 4 is 23.2 Å². The maximum Gasteiger partial charge on any atom is 0.250 e. The van der Waals surface area contributed by atoms with Crippen LogP contribution in [0.25, 0.3) is 0 Å². The van der Waals surface area contributed by atoms with E-state index in [0.717, 1.165) is 31.7 Å². The first-order valence-electron chi connectivity index (χ1n) is 6.23. The van der Waals surface area contributed by atoms with E-state index in [-0.39, 0.29) is 0 Å². The number of benzene rings is 1. The number of carbonyl (C=O) groups excluding carboxylic acids is 1. The minimum absolute atomic E-state index is 0.393. The number of nitrogens with one attached hydrogen (secondary N) is 1. The van der Waals surface area contributed by atoms with Crippen LogP contribution in [-0.2, 0) is 0 Å². The summed E-state index contributed by atoms with van der Waals surface area (Å²) in [5.41, 5.74) is 6.89. The topological polar surface area (TPSA) is 58.4 Å². The van der Waals surface area contributed by atoms with Crippen molar-refractivity contribution in [2.75, 3.05) is 24.5 Å². The molecule has 1 aromatic carbocycles. The molecule has 2 saturated heterocycles. The van der Waals surface area contributed by atoms with Gasteiger partial charge in [0, 0.05) is 30.7 Å². The molecule has 1 amide bonds. The normalized spacial score (nSPS) is 26.4. The number of hydrogen-bond donors (Lipinski definition) is 2. The Hall–Kier alpha value is -1.26. The summed E-state index contributed by atoms with van der Waals surface area (Å²) in [5.74, 6) is 0.279. The van der Waals surface area contributed by atoms with E-state index < -0.39 is 5.91 Å². The van der Waals surface area contributed by atoms with E-state index >= 15 is 0 Å². The summed E-state index contributed by atoms with van der Waals surface area (Å²) in [5, 5.41) is 4.04. The van der Waals surface area contributed by atoms with Crippen molar-refractivity contribution in [3.8, 4) is 0 Å². The number of fused-ring (bicyclic) bond motifs is 1. The van der Waals surface area contributed by atoms with Gasteiger partial charge in [-0.15, -0.1) is 0 Å². The van der Waals surface area contributed by atoms with Gasteiger partial charge in [0.25, 0.3) is 5.91 Å². The number of anilines is 1. The molecule has 18 heavy (non-hydrogen) atoms. The summed E-state index contributed by atoms with van der Waals surface area (Å²) < 4.78 is 0. The van der Waals surface area contributed by atoms with Crippen LogP contribution in [0.15, 0.2) is 18.2 Å². The molecule has 2 heterocycles. The zero-order chi connectivity index (χ0) is 12.7. The van der Waals surface area contributed by atoms with Crippen LogP contribution in [-0.4, -0.2) is 31.6 Å². The van der Waals surface area contributed by atoms with Crippen molar-refractivity contribution in [1.29, 1.82) is 0 Å². The fraction of sp³-hybridized carbons (Fsp3) is 0.462. The SMILES string of the molecule is NC(=O)c1ccc(Cl)cc1N1CC[C@H]2CNC[C@H]21. The van der Waals surface area contributed by atoms with Crippen LogP contribution in [0, 0.1) is 5.92 Å². The molecule has 4 nitrogen and oxygen atoms in total. The van der Waals surface area contributed by atoms with Crippen molar-refractivity contribution in [1.82, 2.24) is 5.32 Å². The van der Waals surface area contributed by atoms with Gasteiger partial charge >= 0.3 is 0 Å².